The van der Waals surface area contributed by atoms with Gasteiger partial charge in [-0.2, -0.15) is 0 Å². The molecule has 1 spiro atoms. The molecule has 0 aromatic rings. The fraction of sp³-hybridized carbons (Fsp3) is 1.00. The SMILES string of the molecule is IC[C@H]1C[C@@]2(CCCN2)CO1. The van der Waals surface area contributed by atoms with Crippen LogP contribution in [0.25, 0.3) is 0 Å². The molecular formula is C8H14INO. The molecule has 2 fully saturated rings. The van der Waals surface area contributed by atoms with E-state index in [2.05, 4.69) is 27.9 Å². The lowest BCUT2D eigenvalue weighted by Crippen LogP contribution is -2.40. The fourth-order valence-electron chi connectivity index (χ4n) is 2.10. The van der Waals surface area contributed by atoms with Crippen molar-refractivity contribution in [3.63, 3.8) is 0 Å². The highest BCUT2D eigenvalue weighted by molar-refractivity contribution is 14.1. The number of alkyl halides is 1. The Hall–Kier alpha value is 0.650. The molecule has 0 aromatic carbocycles. The van der Waals surface area contributed by atoms with E-state index in [0.717, 1.165) is 11.0 Å². The molecule has 3 heteroatoms. The van der Waals surface area contributed by atoms with Gasteiger partial charge in [0.25, 0.3) is 0 Å². The van der Waals surface area contributed by atoms with E-state index in [1.165, 1.54) is 25.8 Å². The van der Waals surface area contributed by atoms with E-state index in [4.69, 9.17) is 4.74 Å². The Balaban J connectivity index is 1.96. The first-order valence-electron chi connectivity index (χ1n) is 4.27. The summed E-state index contributed by atoms with van der Waals surface area (Å²) in [6, 6.07) is 0. The van der Waals surface area contributed by atoms with Crippen LogP contribution in [-0.2, 0) is 4.74 Å². The van der Waals surface area contributed by atoms with Crippen LogP contribution in [0.2, 0.25) is 0 Å². The Labute approximate surface area is 81.2 Å². The third kappa shape index (κ3) is 1.55. The third-order valence-corrected chi connectivity index (χ3v) is 3.70. The first-order chi connectivity index (χ1) is 5.35. The monoisotopic (exact) mass is 267 g/mol. The van der Waals surface area contributed by atoms with Gasteiger partial charge in [-0.1, -0.05) is 22.6 Å². The van der Waals surface area contributed by atoms with Crippen LogP contribution >= 0.6 is 22.6 Å². The van der Waals surface area contributed by atoms with E-state index < -0.39 is 0 Å². The highest BCUT2D eigenvalue weighted by atomic mass is 127. The van der Waals surface area contributed by atoms with Gasteiger partial charge in [-0.3, -0.25) is 0 Å². The van der Waals surface area contributed by atoms with E-state index in [0.29, 0.717) is 11.6 Å². The molecule has 0 aliphatic carbocycles. The van der Waals surface area contributed by atoms with Crippen LogP contribution in [0.5, 0.6) is 0 Å². The maximum absolute atomic E-state index is 5.67. The second-order valence-corrected chi connectivity index (χ2v) is 4.48. The Morgan fingerprint density at radius 1 is 1.64 bits per heavy atom. The number of halogens is 1. The maximum Gasteiger partial charge on any atom is 0.0683 e. The van der Waals surface area contributed by atoms with Crippen molar-refractivity contribution in [1.82, 2.24) is 5.32 Å². The molecule has 2 aliphatic rings. The lowest BCUT2D eigenvalue weighted by Gasteiger charge is -2.20. The van der Waals surface area contributed by atoms with Gasteiger partial charge in [-0.15, -0.1) is 0 Å². The second kappa shape index (κ2) is 3.18. The van der Waals surface area contributed by atoms with Gasteiger partial charge in [0.2, 0.25) is 0 Å². The summed E-state index contributed by atoms with van der Waals surface area (Å²) in [7, 11) is 0. The predicted octanol–water partition coefficient (Wildman–Crippen LogP) is 1.33. The molecule has 1 N–H and O–H groups in total. The minimum absolute atomic E-state index is 0.385. The molecule has 64 valence electrons. The molecule has 2 rings (SSSR count). The van der Waals surface area contributed by atoms with Gasteiger partial charge in [0.05, 0.1) is 12.7 Å². The van der Waals surface area contributed by atoms with Crippen molar-refractivity contribution in [1.29, 1.82) is 0 Å². The Kier molecular flexibility index (Phi) is 2.39. The summed E-state index contributed by atoms with van der Waals surface area (Å²) in [5.41, 5.74) is 0.385. The summed E-state index contributed by atoms with van der Waals surface area (Å²) >= 11 is 2.41. The highest BCUT2D eigenvalue weighted by Crippen LogP contribution is 2.32. The summed E-state index contributed by atoms with van der Waals surface area (Å²) in [4.78, 5) is 0. The number of nitrogens with one attached hydrogen (secondary N) is 1. The minimum atomic E-state index is 0.385. The Morgan fingerprint density at radius 3 is 3.09 bits per heavy atom. The first-order valence-corrected chi connectivity index (χ1v) is 5.80. The Morgan fingerprint density at radius 2 is 2.55 bits per heavy atom. The van der Waals surface area contributed by atoms with Crippen LogP contribution in [-0.4, -0.2) is 29.2 Å². The van der Waals surface area contributed by atoms with Crippen molar-refractivity contribution in [2.45, 2.75) is 30.9 Å². The summed E-state index contributed by atoms with van der Waals surface area (Å²) in [6.07, 6.45) is 4.40. The van der Waals surface area contributed by atoms with Gasteiger partial charge in [0.15, 0.2) is 0 Å². The van der Waals surface area contributed by atoms with Gasteiger partial charge < -0.3 is 10.1 Å². The molecule has 2 heterocycles. The zero-order valence-corrected chi connectivity index (χ0v) is 8.76. The molecule has 2 saturated heterocycles. The summed E-state index contributed by atoms with van der Waals surface area (Å²) in [5.74, 6) is 0. The molecule has 0 unspecified atom stereocenters. The highest BCUT2D eigenvalue weighted by Gasteiger charge is 2.41. The summed E-state index contributed by atoms with van der Waals surface area (Å²) < 4.78 is 6.81. The van der Waals surface area contributed by atoms with E-state index in [9.17, 15) is 0 Å². The van der Waals surface area contributed by atoms with Gasteiger partial charge in [-0.25, -0.2) is 0 Å². The van der Waals surface area contributed by atoms with E-state index in [1.807, 2.05) is 0 Å². The van der Waals surface area contributed by atoms with E-state index >= 15 is 0 Å². The number of hydrogen-bond donors (Lipinski definition) is 1. The van der Waals surface area contributed by atoms with Gasteiger partial charge in [0, 0.05) is 9.97 Å². The van der Waals surface area contributed by atoms with E-state index in [1.54, 1.807) is 0 Å². The van der Waals surface area contributed by atoms with Crippen LogP contribution in [0.1, 0.15) is 19.3 Å². The van der Waals surface area contributed by atoms with Crippen molar-refractivity contribution in [3.05, 3.63) is 0 Å². The van der Waals surface area contributed by atoms with Crippen molar-refractivity contribution in [3.8, 4) is 0 Å². The standard InChI is InChI=1S/C8H14INO/c9-5-7-4-8(6-11-7)2-1-3-10-8/h7,10H,1-6H2/t7-,8+/m1/s1. The molecule has 2 atom stereocenters. The molecule has 0 radical (unpaired) electrons. The fourth-order valence-corrected chi connectivity index (χ4v) is 2.66. The molecular weight excluding hydrogens is 253 g/mol. The van der Waals surface area contributed by atoms with Crippen LogP contribution in [0, 0.1) is 0 Å². The quantitative estimate of drug-likeness (QED) is 0.571. The number of ether oxygens (including phenoxy) is 1. The zero-order chi connectivity index (χ0) is 7.73. The van der Waals surface area contributed by atoms with Gasteiger partial charge in [0.1, 0.15) is 0 Å². The molecule has 0 aromatic heterocycles. The normalized spacial score (nSPS) is 43.9. The third-order valence-electron chi connectivity index (χ3n) is 2.72. The molecule has 0 amide bonds. The van der Waals surface area contributed by atoms with Crippen molar-refractivity contribution in [2.75, 3.05) is 17.6 Å². The van der Waals surface area contributed by atoms with Gasteiger partial charge in [-0.05, 0) is 25.8 Å². The zero-order valence-electron chi connectivity index (χ0n) is 6.61. The topological polar surface area (TPSA) is 21.3 Å². The van der Waals surface area contributed by atoms with Crippen molar-refractivity contribution < 1.29 is 4.74 Å². The lowest BCUT2D eigenvalue weighted by atomic mass is 9.95. The van der Waals surface area contributed by atoms with Gasteiger partial charge >= 0.3 is 0 Å². The number of rotatable bonds is 1. The largest absolute Gasteiger partial charge is 0.375 e. The van der Waals surface area contributed by atoms with Crippen LogP contribution in [0.3, 0.4) is 0 Å². The second-order valence-electron chi connectivity index (χ2n) is 3.60. The van der Waals surface area contributed by atoms with Crippen molar-refractivity contribution >= 4 is 22.6 Å². The maximum atomic E-state index is 5.67. The summed E-state index contributed by atoms with van der Waals surface area (Å²) in [6.45, 7) is 2.14. The lowest BCUT2D eigenvalue weighted by molar-refractivity contribution is 0.119. The molecule has 0 saturated carbocycles. The number of hydrogen-bond acceptors (Lipinski definition) is 2. The van der Waals surface area contributed by atoms with Crippen LogP contribution in [0.4, 0.5) is 0 Å². The van der Waals surface area contributed by atoms with Crippen molar-refractivity contribution in [2.24, 2.45) is 0 Å². The molecule has 2 nitrogen and oxygen atoms in total. The summed E-state index contributed by atoms with van der Waals surface area (Å²) in [5, 5.41) is 3.57. The van der Waals surface area contributed by atoms with E-state index in [-0.39, 0.29) is 0 Å². The Bertz CT molecular complexity index is 145. The smallest absolute Gasteiger partial charge is 0.0683 e. The molecule has 0 bridgehead atoms. The molecule has 2 aliphatic heterocycles. The average Bonchev–Trinajstić information content (AvgIpc) is 2.62. The predicted molar refractivity (Wildman–Crippen MR) is 53.2 cm³/mol. The average molecular weight is 267 g/mol. The van der Waals surface area contributed by atoms with Crippen LogP contribution in [0.15, 0.2) is 0 Å². The first kappa shape index (κ1) is 8.26. The molecule has 11 heavy (non-hydrogen) atoms. The minimum Gasteiger partial charge on any atom is -0.375 e. The van der Waals surface area contributed by atoms with Crippen LogP contribution < -0.4 is 5.32 Å².